The Labute approximate surface area is 191 Å². The summed E-state index contributed by atoms with van der Waals surface area (Å²) in [6.07, 6.45) is 1.80. The molecule has 2 aromatic carbocycles. The van der Waals surface area contributed by atoms with Crippen LogP contribution < -0.4 is 10.2 Å². The van der Waals surface area contributed by atoms with Gasteiger partial charge in [0.25, 0.3) is 5.91 Å². The van der Waals surface area contributed by atoms with E-state index in [0.29, 0.717) is 11.3 Å². The largest absolute Gasteiger partial charge is 0.369 e. The molecule has 2 aromatic heterocycles. The minimum absolute atomic E-state index is 0.164. The molecular formula is C25H25N5OS. The van der Waals surface area contributed by atoms with E-state index < -0.39 is 0 Å². The molecule has 1 aliphatic rings. The fraction of sp³-hybridized carbons (Fsp3) is 0.200. The van der Waals surface area contributed by atoms with E-state index in [9.17, 15) is 4.79 Å². The molecule has 0 atom stereocenters. The van der Waals surface area contributed by atoms with E-state index in [0.717, 1.165) is 42.4 Å². The Bertz CT molecular complexity index is 1180. The summed E-state index contributed by atoms with van der Waals surface area (Å²) >= 11 is 1.58. The second kappa shape index (κ2) is 8.98. The van der Waals surface area contributed by atoms with Crippen molar-refractivity contribution in [1.82, 2.24) is 14.7 Å². The van der Waals surface area contributed by atoms with Crippen LogP contribution in [0, 0.1) is 0 Å². The summed E-state index contributed by atoms with van der Waals surface area (Å²) in [7, 11) is 2.15. The van der Waals surface area contributed by atoms with Gasteiger partial charge in [-0.05, 0) is 54.9 Å². The molecule has 0 spiro atoms. The molecule has 0 radical (unpaired) electrons. The first kappa shape index (κ1) is 20.5. The Hall–Kier alpha value is -3.42. The number of nitrogens with zero attached hydrogens (tertiary/aromatic N) is 4. The highest BCUT2D eigenvalue weighted by molar-refractivity contribution is 7.13. The molecule has 0 saturated carbocycles. The molecule has 32 heavy (non-hydrogen) atoms. The number of aromatic nitrogens is 2. The molecule has 1 saturated heterocycles. The maximum Gasteiger partial charge on any atom is 0.259 e. The molecule has 1 N–H and O–H groups in total. The average Bonchev–Trinajstić information content (AvgIpc) is 3.51. The number of amides is 1. The van der Waals surface area contributed by atoms with Crippen molar-refractivity contribution in [1.29, 1.82) is 0 Å². The van der Waals surface area contributed by atoms with Gasteiger partial charge in [-0.25, -0.2) is 4.68 Å². The lowest BCUT2D eigenvalue weighted by atomic mass is 10.2. The normalized spacial score (nSPS) is 14.5. The molecule has 4 aromatic rings. The second-order valence-electron chi connectivity index (χ2n) is 7.94. The standard InChI is InChI=1S/C25H25N5OS/c1-28-13-15-29(16-14-28)20-11-9-19(10-12-20)26-25(31)22-18-30(21-6-3-2-4-7-21)27-24(22)23-8-5-17-32-23/h2-12,17-18H,13-16H2,1H3,(H,26,31). The van der Waals surface area contributed by atoms with Crippen molar-refractivity contribution in [3.05, 3.63) is 83.9 Å². The number of carbonyl (C=O) groups excluding carboxylic acids is 1. The summed E-state index contributed by atoms with van der Waals surface area (Å²) in [5.74, 6) is -0.164. The highest BCUT2D eigenvalue weighted by atomic mass is 32.1. The summed E-state index contributed by atoms with van der Waals surface area (Å²) in [5.41, 5.74) is 4.13. The van der Waals surface area contributed by atoms with Crippen molar-refractivity contribution in [2.45, 2.75) is 0 Å². The maximum absolute atomic E-state index is 13.2. The monoisotopic (exact) mass is 443 g/mol. The van der Waals surface area contributed by atoms with Crippen molar-refractivity contribution < 1.29 is 4.79 Å². The zero-order valence-corrected chi connectivity index (χ0v) is 18.8. The van der Waals surface area contributed by atoms with E-state index in [1.807, 2.05) is 60.0 Å². The van der Waals surface area contributed by atoms with E-state index in [4.69, 9.17) is 5.10 Å². The second-order valence-corrected chi connectivity index (χ2v) is 8.89. The molecule has 162 valence electrons. The lowest BCUT2D eigenvalue weighted by molar-refractivity contribution is 0.102. The molecule has 3 heterocycles. The third-order valence-corrected chi connectivity index (χ3v) is 6.60. The lowest BCUT2D eigenvalue weighted by Crippen LogP contribution is -2.44. The number of hydrogen-bond acceptors (Lipinski definition) is 5. The van der Waals surface area contributed by atoms with Gasteiger partial charge >= 0.3 is 0 Å². The van der Waals surface area contributed by atoms with Gasteiger partial charge in [-0.1, -0.05) is 24.3 Å². The molecule has 1 aliphatic heterocycles. The van der Waals surface area contributed by atoms with E-state index in [2.05, 4.69) is 34.3 Å². The molecule has 5 rings (SSSR count). The number of para-hydroxylation sites is 1. The Kier molecular flexibility index (Phi) is 5.75. The van der Waals surface area contributed by atoms with Gasteiger partial charge in [0.05, 0.1) is 16.1 Å². The number of likely N-dealkylation sites (N-methyl/N-ethyl adjacent to an activating group) is 1. The predicted octanol–water partition coefficient (Wildman–Crippen LogP) is 4.60. The number of rotatable bonds is 5. The van der Waals surface area contributed by atoms with Crippen molar-refractivity contribution in [3.8, 4) is 16.3 Å². The smallest absolute Gasteiger partial charge is 0.259 e. The van der Waals surface area contributed by atoms with E-state index in [1.165, 1.54) is 5.69 Å². The van der Waals surface area contributed by atoms with Crippen LogP contribution in [0.1, 0.15) is 10.4 Å². The fourth-order valence-electron chi connectivity index (χ4n) is 3.87. The number of anilines is 2. The fourth-order valence-corrected chi connectivity index (χ4v) is 4.59. The Morgan fingerprint density at radius 2 is 1.66 bits per heavy atom. The van der Waals surface area contributed by atoms with Crippen LogP contribution in [0.25, 0.3) is 16.3 Å². The van der Waals surface area contributed by atoms with Gasteiger partial charge in [-0.3, -0.25) is 4.79 Å². The van der Waals surface area contributed by atoms with Crippen LogP contribution in [-0.2, 0) is 0 Å². The zero-order valence-electron chi connectivity index (χ0n) is 17.9. The van der Waals surface area contributed by atoms with Crippen LogP contribution in [-0.4, -0.2) is 53.8 Å². The first-order valence-corrected chi connectivity index (χ1v) is 11.6. The molecule has 0 aliphatic carbocycles. The van der Waals surface area contributed by atoms with E-state index in [1.54, 1.807) is 22.2 Å². The summed E-state index contributed by atoms with van der Waals surface area (Å²) < 4.78 is 1.76. The molecule has 0 unspecified atom stereocenters. The van der Waals surface area contributed by atoms with Crippen LogP contribution in [0.3, 0.4) is 0 Å². The number of nitrogens with one attached hydrogen (secondary N) is 1. The summed E-state index contributed by atoms with van der Waals surface area (Å²) in [5, 5.41) is 9.77. The van der Waals surface area contributed by atoms with Crippen LogP contribution in [0.5, 0.6) is 0 Å². The topological polar surface area (TPSA) is 53.4 Å². The zero-order chi connectivity index (χ0) is 21.9. The first-order chi connectivity index (χ1) is 15.7. The van der Waals surface area contributed by atoms with Gasteiger partial charge in [-0.15, -0.1) is 11.3 Å². The summed E-state index contributed by atoms with van der Waals surface area (Å²) in [6.45, 7) is 4.17. The van der Waals surface area contributed by atoms with E-state index in [-0.39, 0.29) is 5.91 Å². The molecular weight excluding hydrogens is 418 g/mol. The van der Waals surface area contributed by atoms with E-state index >= 15 is 0 Å². The number of benzene rings is 2. The van der Waals surface area contributed by atoms with Gasteiger partial charge < -0.3 is 15.1 Å². The van der Waals surface area contributed by atoms with Gasteiger partial charge in [0, 0.05) is 43.8 Å². The Morgan fingerprint density at radius 1 is 0.906 bits per heavy atom. The van der Waals surface area contributed by atoms with Crippen LogP contribution >= 0.6 is 11.3 Å². The highest BCUT2D eigenvalue weighted by Crippen LogP contribution is 2.29. The van der Waals surface area contributed by atoms with Gasteiger partial charge in [0.15, 0.2) is 0 Å². The quantitative estimate of drug-likeness (QED) is 0.490. The minimum Gasteiger partial charge on any atom is -0.369 e. The first-order valence-electron chi connectivity index (χ1n) is 10.7. The third-order valence-electron chi connectivity index (χ3n) is 5.73. The average molecular weight is 444 g/mol. The molecule has 0 bridgehead atoms. The molecule has 1 amide bonds. The van der Waals surface area contributed by atoms with Crippen molar-refractivity contribution >= 4 is 28.6 Å². The Morgan fingerprint density at radius 3 is 2.34 bits per heavy atom. The van der Waals surface area contributed by atoms with Gasteiger partial charge in [0.1, 0.15) is 5.69 Å². The maximum atomic E-state index is 13.2. The summed E-state index contributed by atoms with van der Waals surface area (Å²) in [6, 6.07) is 21.9. The van der Waals surface area contributed by atoms with Crippen molar-refractivity contribution in [2.75, 3.05) is 43.4 Å². The van der Waals surface area contributed by atoms with Crippen LogP contribution in [0.2, 0.25) is 0 Å². The predicted molar refractivity (Wildman–Crippen MR) is 131 cm³/mol. The third kappa shape index (κ3) is 4.30. The highest BCUT2D eigenvalue weighted by Gasteiger charge is 2.20. The number of thiophene rings is 1. The van der Waals surface area contributed by atoms with Crippen LogP contribution in [0.15, 0.2) is 78.3 Å². The molecule has 1 fully saturated rings. The lowest BCUT2D eigenvalue weighted by Gasteiger charge is -2.34. The number of hydrogen-bond donors (Lipinski definition) is 1. The van der Waals surface area contributed by atoms with Crippen molar-refractivity contribution in [3.63, 3.8) is 0 Å². The summed E-state index contributed by atoms with van der Waals surface area (Å²) in [4.78, 5) is 18.9. The Balaban J connectivity index is 1.37. The van der Waals surface area contributed by atoms with Gasteiger partial charge in [0.2, 0.25) is 0 Å². The minimum atomic E-state index is -0.164. The van der Waals surface area contributed by atoms with Crippen LogP contribution in [0.4, 0.5) is 11.4 Å². The SMILES string of the molecule is CN1CCN(c2ccc(NC(=O)c3cn(-c4ccccc4)nc3-c3cccs3)cc2)CC1. The molecule has 6 nitrogen and oxygen atoms in total. The number of piperazine rings is 1. The molecule has 7 heteroatoms. The van der Waals surface area contributed by atoms with Gasteiger partial charge in [-0.2, -0.15) is 5.10 Å². The number of carbonyl (C=O) groups is 1. The van der Waals surface area contributed by atoms with Crippen molar-refractivity contribution in [2.24, 2.45) is 0 Å².